The maximum atomic E-state index is 12.7. The molecule has 3 aromatic rings. The van der Waals surface area contributed by atoms with Gasteiger partial charge in [-0.15, -0.1) is 0 Å². The second-order valence-electron chi connectivity index (χ2n) is 6.67. The minimum Gasteiger partial charge on any atom is -0.497 e. The molecule has 0 aliphatic carbocycles. The van der Waals surface area contributed by atoms with Gasteiger partial charge in [0.15, 0.2) is 0 Å². The topological polar surface area (TPSA) is 92.4 Å². The van der Waals surface area contributed by atoms with Crippen LogP contribution in [0.4, 0.5) is 0 Å². The molecule has 0 unspecified atom stereocenters. The van der Waals surface area contributed by atoms with Crippen LogP contribution in [0.3, 0.4) is 0 Å². The third kappa shape index (κ3) is 3.97. The standard InChI is InChI=1S/C20H23N5O3/c1-27-16-5-2-14(3-6-16)19(25-8-10-28-11-9-25)13-21-20(26)15-4-7-17-18(12-15)23-24-22-17/h2-7,12,19H,8-11,13H2,1H3,(H,21,26)(H,22,23,24)/t19-/m0/s1. The van der Waals surface area contributed by atoms with Gasteiger partial charge in [-0.05, 0) is 35.9 Å². The van der Waals surface area contributed by atoms with E-state index in [9.17, 15) is 4.79 Å². The minimum atomic E-state index is -0.128. The quantitative estimate of drug-likeness (QED) is 0.676. The average Bonchev–Trinajstić information content (AvgIpc) is 3.23. The Labute approximate surface area is 162 Å². The lowest BCUT2D eigenvalue weighted by molar-refractivity contribution is 0.0162. The van der Waals surface area contributed by atoms with Crippen LogP contribution in [0.2, 0.25) is 0 Å². The number of hydrogen-bond donors (Lipinski definition) is 2. The van der Waals surface area contributed by atoms with Gasteiger partial charge >= 0.3 is 0 Å². The number of amides is 1. The van der Waals surface area contributed by atoms with E-state index in [2.05, 4.69) is 25.6 Å². The van der Waals surface area contributed by atoms with E-state index in [4.69, 9.17) is 9.47 Å². The van der Waals surface area contributed by atoms with Gasteiger partial charge in [-0.2, -0.15) is 15.4 Å². The number of nitrogens with zero attached hydrogens (tertiary/aromatic N) is 3. The summed E-state index contributed by atoms with van der Waals surface area (Å²) in [6.07, 6.45) is 0. The molecule has 1 aromatic heterocycles. The van der Waals surface area contributed by atoms with E-state index in [1.807, 2.05) is 24.3 Å². The van der Waals surface area contributed by atoms with E-state index in [1.165, 1.54) is 0 Å². The highest BCUT2D eigenvalue weighted by Crippen LogP contribution is 2.24. The van der Waals surface area contributed by atoms with Crippen LogP contribution in [0.1, 0.15) is 22.0 Å². The Kier molecular flexibility index (Phi) is 5.50. The Morgan fingerprint density at radius 1 is 1.18 bits per heavy atom. The Morgan fingerprint density at radius 3 is 2.68 bits per heavy atom. The van der Waals surface area contributed by atoms with Crippen molar-refractivity contribution in [3.8, 4) is 5.75 Å². The molecule has 146 valence electrons. The fourth-order valence-electron chi connectivity index (χ4n) is 3.45. The Morgan fingerprint density at radius 2 is 1.93 bits per heavy atom. The lowest BCUT2D eigenvalue weighted by Crippen LogP contribution is -2.43. The number of H-pyrrole nitrogens is 1. The summed E-state index contributed by atoms with van der Waals surface area (Å²) >= 11 is 0. The average molecular weight is 381 g/mol. The van der Waals surface area contributed by atoms with Gasteiger partial charge in [0.05, 0.1) is 26.4 Å². The van der Waals surface area contributed by atoms with Crippen LogP contribution in [0.25, 0.3) is 11.0 Å². The van der Waals surface area contributed by atoms with Crippen molar-refractivity contribution in [2.24, 2.45) is 0 Å². The van der Waals surface area contributed by atoms with E-state index >= 15 is 0 Å². The summed E-state index contributed by atoms with van der Waals surface area (Å²) in [6.45, 7) is 3.56. The Hall–Kier alpha value is -2.97. The van der Waals surface area contributed by atoms with Crippen molar-refractivity contribution in [3.63, 3.8) is 0 Å². The zero-order valence-corrected chi connectivity index (χ0v) is 15.7. The lowest BCUT2D eigenvalue weighted by Gasteiger charge is -2.35. The van der Waals surface area contributed by atoms with Crippen LogP contribution in [0.5, 0.6) is 5.75 Å². The minimum absolute atomic E-state index is 0.0644. The molecule has 4 rings (SSSR count). The number of nitrogens with one attached hydrogen (secondary N) is 2. The fourth-order valence-corrected chi connectivity index (χ4v) is 3.45. The largest absolute Gasteiger partial charge is 0.497 e. The van der Waals surface area contributed by atoms with Gasteiger partial charge in [-0.25, -0.2) is 0 Å². The predicted molar refractivity (Wildman–Crippen MR) is 104 cm³/mol. The number of hydrogen-bond acceptors (Lipinski definition) is 6. The third-order valence-corrected chi connectivity index (χ3v) is 5.02. The first-order valence-electron chi connectivity index (χ1n) is 9.29. The number of aromatic amines is 1. The van der Waals surface area contributed by atoms with E-state index < -0.39 is 0 Å². The second-order valence-corrected chi connectivity index (χ2v) is 6.67. The summed E-state index contributed by atoms with van der Waals surface area (Å²) in [6, 6.07) is 13.3. The molecule has 1 amide bonds. The van der Waals surface area contributed by atoms with Crippen molar-refractivity contribution < 1.29 is 14.3 Å². The van der Waals surface area contributed by atoms with Crippen LogP contribution < -0.4 is 10.1 Å². The van der Waals surface area contributed by atoms with Crippen molar-refractivity contribution in [2.45, 2.75) is 6.04 Å². The monoisotopic (exact) mass is 381 g/mol. The highest BCUT2D eigenvalue weighted by atomic mass is 16.5. The molecule has 1 atom stereocenters. The highest BCUT2D eigenvalue weighted by Gasteiger charge is 2.23. The van der Waals surface area contributed by atoms with E-state index in [0.29, 0.717) is 30.8 Å². The number of methoxy groups -OCH3 is 1. The number of ether oxygens (including phenoxy) is 2. The van der Waals surface area contributed by atoms with Crippen molar-refractivity contribution in [2.75, 3.05) is 40.0 Å². The van der Waals surface area contributed by atoms with E-state index in [-0.39, 0.29) is 11.9 Å². The summed E-state index contributed by atoms with van der Waals surface area (Å²) in [4.78, 5) is 15.0. The summed E-state index contributed by atoms with van der Waals surface area (Å²) in [5.74, 6) is 0.686. The molecule has 8 nitrogen and oxygen atoms in total. The smallest absolute Gasteiger partial charge is 0.251 e. The fraction of sp³-hybridized carbons (Fsp3) is 0.350. The summed E-state index contributed by atoms with van der Waals surface area (Å²) in [7, 11) is 1.65. The zero-order chi connectivity index (χ0) is 19.3. The second kappa shape index (κ2) is 8.37. The molecule has 2 aromatic carbocycles. The SMILES string of the molecule is COc1ccc([C@H](CNC(=O)c2ccc3n[nH]nc3c2)N2CCOCC2)cc1. The summed E-state index contributed by atoms with van der Waals surface area (Å²) in [5, 5.41) is 13.7. The maximum Gasteiger partial charge on any atom is 0.251 e. The molecule has 0 bridgehead atoms. The normalized spacial score (nSPS) is 16.0. The van der Waals surface area contributed by atoms with E-state index in [1.54, 1.807) is 25.3 Å². The summed E-state index contributed by atoms with van der Waals surface area (Å²) < 4.78 is 10.7. The number of carbonyl (C=O) groups is 1. The number of morpholine rings is 1. The van der Waals surface area contributed by atoms with Crippen LogP contribution in [-0.4, -0.2) is 66.2 Å². The van der Waals surface area contributed by atoms with Gasteiger partial charge in [0.2, 0.25) is 0 Å². The first-order valence-corrected chi connectivity index (χ1v) is 9.29. The molecular formula is C20H23N5O3. The van der Waals surface area contributed by atoms with Crippen LogP contribution in [0, 0.1) is 0 Å². The Bertz CT molecular complexity index is 934. The lowest BCUT2D eigenvalue weighted by atomic mass is 10.0. The van der Waals surface area contributed by atoms with Crippen molar-refractivity contribution in [1.82, 2.24) is 25.6 Å². The number of benzene rings is 2. The predicted octanol–water partition coefficient (Wildman–Crippen LogP) is 1.77. The Balaban J connectivity index is 1.50. The molecule has 2 N–H and O–H groups in total. The molecule has 0 spiro atoms. The third-order valence-electron chi connectivity index (χ3n) is 5.02. The van der Waals surface area contributed by atoms with Crippen LogP contribution in [-0.2, 0) is 4.74 Å². The summed E-state index contributed by atoms with van der Waals surface area (Å²) in [5.41, 5.74) is 3.11. The first-order chi connectivity index (χ1) is 13.7. The highest BCUT2D eigenvalue weighted by molar-refractivity contribution is 5.97. The van der Waals surface area contributed by atoms with Crippen molar-refractivity contribution in [1.29, 1.82) is 0 Å². The number of fused-ring (bicyclic) bond motifs is 1. The van der Waals surface area contributed by atoms with Crippen molar-refractivity contribution in [3.05, 3.63) is 53.6 Å². The van der Waals surface area contributed by atoms with Crippen LogP contribution >= 0.6 is 0 Å². The van der Waals surface area contributed by atoms with Crippen molar-refractivity contribution >= 4 is 16.9 Å². The molecule has 2 heterocycles. The molecule has 1 aliphatic heterocycles. The molecule has 0 radical (unpaired) electrons. The zero-order valence-electron chi connectivity index (χ0n) is 15.7. The molecule has 8 heteroatoms. The first kappa shape index (κ1) is 18.4. The van der Waals surface area contributed by atoms with Gasteiger partial charge in [0.1, 0.15) is 16.8 Å². The molecule has 1 saturated heterocycles. The number of rotatable bonds is 6. The molecule has 28 heavy (non-hydrogen) atoms. The van der Waals surface area contributed by atoms with E-state index in [0.717, 1.165) is 29.9 Å². The number of carbonyl (C=O) groups excluding carboxylic acids is 1. The van der Waals surface area contributed by atoms with Gasteiger partial charge < -0.3 is 14.8 Å². The molecule has 0 saturated carbocycles. The maximum absolute atomic E-state index is 12.7. The van der Waals surface area contributed by atoms with Gasteiger partial charge in [-0.3, -0.25) is 9.69 Å². The van der Waals surface area contributed by atoms with Gasteiger partial charge in [0.25, 0.3) is 5.91 Å². The van der Waals surface area contributed by atoms with Crippen LogP contribution in [0.15, 0.2) is 42.5 Å². The molecule has 1 fully saturated rings. The molecule has 1 aliphatic rings. The van der Waals surface area contributed by atoms with Gasteiger partial charge in [0, 0.05) is 25.2 Å². The molecular weight excluding hydrogens is 358 g/mol. The van der Waals surface area contributed by atoms with Gasteiger partial charge in [-0.1, -0.05) is 12.1 Å². The number of aromatic nitrogens is 3.